The number of aliphatic hydroxyl groups is 1. The van der Waals surface area contributed by atoms with Gasteiger partial charge in [0.25, 0.3) is 0 Å². The van der Waals surface area contributed by atoms with E-state index in [1.807, 2.05) is 19.2 Å². The van der Waals surface area contributed by atoms with Crippen molar-refractivity contribution < 1.29 is 9.94 Å². The second-order valence-electron chi connectivity index (χ2n) is 3.29. The fourth-order valence-corrected chi connectivity index (χ4v) is 0.954. The van der Waals surface area contributed by atoms with Gasteiger partial charge in [0.05, 0.1) is 13.2 Å². The molecule has 0 aromatic heterocycles. The molecule has 0 aliphatic carbocycles. The standard InChI is InChI=1S/C9H22N2O2/c1-4-5-11(6-8-12)13-9-7-10(2)3/h12H,4-9H2,1-3H3. The second-order valence-corrected chi connectivity index (χ2v) is 3.29. The number of likely N-dealkylation sites (N-methyl/N-ethyl adjacent to an activating group) is 1. The van der Waals surface area contributed by atoms with Crippen LogP contribution in [-0.2, 0) is 4.84 Å². The van der Waals surface area contributed by atoms with Gasteiger partial charge in [0.2, 0.25) is 0 Å². The maximum absolute atomic E-state index is 8.74. The van der Waals surface area contributed by atoms with Crippen LogP contribution in [0.3, 0.4) is 0 Å². The van der Waals surface area contributed by atoms with Crippen LogP contribution in [0, 0.1) is 0 Å². The lowest BCUT2D eigenvalue weighted by Crippen LogP contribution is -2.31. The van der Waals surface area contributed by atoms with Crippen molar-refractivity contribution in [1.82, 2.24) is 9.96 Å². The van der Waals surface area contributed by atoms with Crippen molar-refractivity contribution in [3.8, 4) is 0 Å². The highest BCUT2D eigenvalue weighted by Crippen LogP contribution is 1.92. The maximum Gasteiger partial charge on any atom is 0.0811 e. The Hall–Kier alpha value is -0.160. The molecule has 80 valence electrons. The Kier molecular flexibility index (Phi) is 8.33. The molecule has 1 N–H and O–H groups in total. The zero-order valence-electron chi connectivity index (χ0n) is 8.99. The third-order valence-corrected chi connectivity index (χ3v) is 1.63. The van der Waals surface area contributed by atoms with Gasteiger partial charge in [0, 0.05) is 19.6 Å². The van der Waals surface area contributed by atoms with Gasteiger partial charge in [-0.2, -0.15) is 5.06 Å². The highest BCUT2D eigenvalue weighted by molar-refractivity contribution is 4.44. The molecular formula is C9H22N2O2. The predicted molar refractivity (Wildman–Crippen MR) is 53.5 cm³/mol. The first-order valence-electron chi connectivity index (χ1n) is 4.84. The van der Waals surface area contributed by atoms with Crippen molar-refractivity contribution in [2.45, 2.75) is 13.3 Å². The van der Waals surface area contributed by atoms with Gasteiger partial charge in [0.1, 0.15) is 0 Å². The Morgan fingerprint density at radius 3 is 2.31 bits per heavy atom. The van der Waals surface area contributed by atoms with Crippen molar-refractivity contribution >= 4 is 0 Å². The molecule has 0 radical (unpaired) electrons. The molecule has 0 heterocycles. The summed E-state index contributed by atoms with van der Waals surface area (Å²) in [5.41, 5.74) is 0. The molecule has 0 unspecified atom stereocenters. The van der Waals surface area contributed by atoms with Gasteiger partial charge in [-0.1, -0.05) is 6.92 Å². The molecule has 0 aromatic rings. The van der Waals surface area contributed by atoms with E-state index in [1.165, 1.54) is 0 Å². The zero-order valence-corrected chi connectivity index (χ0v) is 8.99. The largest absolute Gasteiger partial charge is 0.395 e. The topological polar surface area (TPSA) is 35.9 Å². The number of nitrogens with zero attached hydrogens (tertiary/aromatic N) is 2. The summed E-state index contributed by atoms with van der Waals surface area (Å²) in [5.74, 6) is 0. The number of hydroxylamine groups is 2. The molecular weight excluding hydrogens is 168 g/mol. The first-order valence-corrected chi connectivity index (χ1v) is 4.84. The van der Waals surface area contributed by atoms with E-state index in [0.29, 0.717) is 13.2 Å². The first-order chi connectivity index (χ1) is 6.20. The fraction of sp³-hybridized carbons (Fsp3) is 1.00. The van der Waals surface area contributed by atoms with E-state index in [9.17, 15) is 0 Å². The highest BCUT2D eigenvalue weighted by atomic mass is 16.7. The number of rotatable bonds is 8. The van der Waals surface area contributed by atoms with Crippen LogP contribution in [0.15, 0.2) is 0 Å². The molecule has 0 fully saturated rings. The molecule has 0 aliphatic rings. The normalized spacial score (nSPS) is 11.5. The van der Waals surface area contributed by atoms with Gasteiger partial charge in [-0.15, -0.1) is 0 Å². The molecule has 4 nitrogen and oxygen atoms in total. The van der Waals surface area contributed by atoms with Crippen LogP contribution in [0.5, 0.6) is 0 Å². The summed E-state index contributed by atoms with van der Waals surface area (Å²) >= 11 is 0. The Bertz CT molecular complexity index is 104. The summed E-state index contributed by atoms with van der Waals surface area (Å²) < 4.78 is 0. The van der Waals surface area contributed by atoms with Gasteiger partial charge in [0.15, 0.2) is 0 Å². The van der Waals surface area contributed by atoms with Crippen LogP contribution in [0.25, 0.3) is 0 Å². The first kappa shape index (κ1) is 12.8. The van der Waals surface area contributed by atoms with Crippen molar-refractivity contribution in [3.05, 3.63) is 0 Å². The van der Waals surface area contributed by atoms with Gasteiger partial charge < -0.3 is 10.0 Å². The summed E-state index contributed by atoms with van der Waals surface area (Å²) in [7, 11) is 4.03. The predicted octanol–water partition coefficient (Wildman–Crippen LogP) is 0.184. The average molecular weight is 190 g/mol. The minimum Gasteiger partial charge on any atom is -0.395 e. The number of aliphatic hydroxyl groups excluding tert-OH is 1. The molecule has 0 aromatic carbocycles. The fourth-order valence-electron chi connectivity index (χ4n) is 0.954. The summed E-state index contributed by atoms with van der Waals surface area (Å²) in [5, 5.41) is 10.6. The Labute approximate surface area is 81.0 Å². The van der Waals surface area contributed by atoms with Gasteiger partial charge in [-0.05, 0) is 20.5 Å². The van der Waals surface area contributed by atoms with E-state index in [-0.39, 0.29) is 6.61 Å². The van der Waals surface area contributed by atoms with Crippen LogP contribution < -0.4 is 0 Å². The molecule has 0 bridgehead atoms. The van der Waals surface area contributed by atoms with Crippen molar-refractivity contribution in [2.75, 3.05) is 46.9 Å². The van der Waals surface area contributed by atoms with Gasteiger partial charge in [-0.25, -0.2) is 0 Å². The van der Waals surface area contributed by atoms with Crippen molar-refractivity contribution in [3.63, 3.8) is 0 Å². The van der Waals surface area contributed by atoms with E-state index in [2.05, 4.69) is 11.8 Å². The number of hydrogen-bond donors (Lipinski definition) is 1. The van der Waals surface area contributed by atoms with Crippen LogP contribution in [-0.4, -0.2) is 62.0 Å². The third kappa shape index (κ3) is 8.18. The zero-order chi connectivity index (χ0) is 10.1. The Balaban J connectivity index is 3.44. The molecule has 0 spiro atoms. The molecule has 0 atom stereocenters. The van der Waals surface area contributed by atoms with E-state index in [1.54, 1.807) is 0 Å². The van der Waals surface area contributed by atoms with E-state index in [0.717, 1.165) is 19.5 Å². The Morgan fingerprint density at radius 2 is 1.85 bits per heavy atom. The summed E-state index contributed by atoms with van der Waals surface area (Å²) in [6.45, 7) is 5.33. The maximum atomic E-state index is 8.74. The van der Waals surface area contributed by atoms with Crippen LogP contribution in [0.1, 0.15) is 13.3 Å². The summed E-state index contributed by atoms with van der Waals surface area (Å²) in [6.07, 6.45) is 1.04. The van der Waals surface area contributed by atoms with Gasteiger partial charge in [-0.3, -0.25) is 4.84 Å². The lowest BCUT2D eigenvalue weighted by atomic mass is 10.5. The van der Waals surface area contributed by atoms with Crippen LogP contribution in [0.2, 0.25) is 0 Å². The minimum atomic E-state index is 0.155. The van der Waals surface area contributed by atoms with Crippen LogP contribution in [0.4, 0.5) is 0 Å². The summed E-state index contributed by atoms with van der Waals surface area (Å²) in [4.78, 5) is 7.54. The molecule has 0 amide bonds. The molecule has 0 rings (SSSR count). The molecule has 0 aliphatic heterocycles. The van der Waals surface area contributed by atoms with Crippen LogP contribution >= 0.6 is 0 Å². The number of hydrogen-bond acceptors (Lipinski definition) is 4. The second kappa shape index (κ2) is 8.44. The smallest absolute Gasteiger partial charge is 0.0811 e. The molecule has 0 saturated heterocycles. The van der Waals surface area contributed by atoms with E-state index < -0.39 is 0 Å². The minimum absolute atomic E-state index is 0.155. The van der Waals surface area contributed by atoms with E-state index in [4.69, 9.17) is 9.94 Å². The average Bonchev–Trinajstić information content (AvgIpc) is 2.04. The lowest BCUT2D eigenvalue weighted by Gasteiger charge is -2.21. The molecule has 4 heteroatoms. The monoisotopic (exact) mass is 190 g/mol. The van der Waals surface area contributed by atoms with Crippen molar-refractivity contribution in [2.24, 2.45) is 0 Å². The summed E-state index contributed by atoms with van der Waals surface area (Å²) in [6, 6.07) is 0. The Morgan fingerprint density at radius 1 is 1.15 bits per heavy atom. The third-order valence-electron chi connectivity index (χ3n) is 1.63. The van der Waals surface area contributed by atoms with Gasteiger partial charge >= 0.3 is 0 Å². The SMILES string of the molecule is CCCN(CCO)OCCN(C)C. The van der Waals surface area contributed by atoms with E-state index >= 15 is 0 Å². The molecule has 0 saturated carbocycles. The van der Waals surface area contributed by atoms with Crippen molar-refractivity contribution in [1.29, 1.82) is 0 Å². The quantitative estimate of drug-likeness (QED) is 0.554. The molecule has 13 heavy (non-hydrogen) atoms. The highest BCUT2D eigenvalue weighted by Gasteiger charge is 2.02. The lowest BCUT2D eigenvalue weighted by molar-refractivity contribution is -0.165.